The van der Waals surface area contributed by atoms with Crippen LogP contribution in [-0.2, 0) is 11.0 Å². The van der Waals surface area contributed by atoms with Crippen LogP contribution in [0.2, 0.25) is 18.1 Å². The van der Waals surface area contributed by atoms with Crippen LogP contribution in [0.1, 0.15) is 44.0 Å². The van der Waals surface area contributed by atoms with Crippen LogP contribution in [0.4, 0.5) is 11.6 Å². The maximum absolute atomic E-state index is 12.9. The van der Waals surface area contributed by atoms with Crippen molar-refractivity contribution in [3.8, 4) is 0 Å². The van der Waals surface area contributed by atoms with Crippen LogP contribution in [0.3, 0.4) is 0 Å². The van der Waals surface area contributed by atoms with E-state index in [-0.39, 0.29) is 17.0 Å². The van der Waals surface area contributed by atoms with E-state index in [2.05, 4.69) is 57.1 Å². The molecule has 2 aromatic carbocycles. The van der Waals surface area contributed by atoms with Crippen molar-refractivity contribution in [1.82, 2.24) is 9.55 Å². The maximum atomic E-state index is 12.9. The molecule has 0 radical (unpaired) electrons. The third-order valence-corrected chi connectivity index (χ3v) is 11.9. The molecular formula is C29H38N4O2Si. The highest BCUT2D eigenvalue weighted by Crippen LogP contribution is 2.39. The summed E-state index contributed by atoms with van der Waals surface area (Å²) in [6.45, 7) is 11.9. The van der Waals surface area contributed by atoms with Gasteiger partial charge in [-0.3, -0.25) is 4.79 Å². The van der Waals surface area contributed by atoms with Gasteiger partial charge >= 0.3 is 0 Å². The minimum atomic E-state index is -2.03. The molecule has 1 amide bonds. The normalized spacial score (nSPS) is 15.1. The number of allylic oxidation sites excluding steroid dienone is 2. The fourth-order valence-corrected chi connectivity index (χ4v) is 5.49. The predicted molar refractivity (Wildman–Crippen MR) is 152 cm³/mol. The first-order valence-electron chi connectivity index (χ1n) is 12.6. The number of rotatable bonds is 7. The third-order valence-electron chi connectivity index (χ3n) is 7.46. The summed E-state index contributed by atoms with van der Waals surface area (Å²) in [4.78, 5) is 19.2. The summed E-state index contributed by atoms with van der Waals surface area (Å²) in [5.74, 6) is 0.379. The smallest absolute Gasteiger partial charge is 0.258 e. The molecule has 0 unspecified atom stereocenters. The Bertz CT molecular complexity index is 1300. The van der Waals surface area contributed by atoms with Crippen molar-refractivity contribution >= 4 is 36.9 Å². The molecule has 0 saturated heterocycles. The first kappa shape index (κ1) is 25.9. The second-order valence-electron chi connectivity index (χ2n) is 11.0. The molecule has 190 valence electrons. The highest BCUT2D eigenvalue weighted by molar-refractivity contribution is 6.74. The Labute approximate surface area is 215 Å². The van der Waals surface area contributed by atoms with Gasteiger partial charge in [0.05, 0.1) is 23.7 Å². The van der Waals surface area contributed by atoms with Gasteiger partial charge in [-0.1, -0.05) is 57.2 Å². The van der Waals surface area contributed by atoms with E-state index in [1.807, 2.05) is 53.1 Å². The largest absolute Gasteiger partial charge is 0.408 e. The van der Waals surface area contributed by atoms with Gasteiger partial charge in [0.25, 0.3) is 5.91 Å². The number of carbonyl (C=O) groups is 1. The van der Waals surface area contributed by atoms with E-state index in [1.54, 1.807) is 11.9 Å². The van der Waals surface area contributed by atoms with Gasteiger partial charge in [-0.05, 0) is 66.9 Å². The van der Waals surface area contributed by atoms with Gasteiger partial charge in [0, 0.05) is 18.3 Å². The van der Waals surface area contributed by atoms with Crippen LogP contribution in [0.15, 0.2) is 72.3 Å². The molecule has 1 aliphatic rings. The highest BCUT2D eigenvalue weighted by Gasteiger charge is 2.40. The molecule has 4 rings (SSSR count). The van der Waals surface area contributed by atoms with Gasteiger partial charge in [0.15, 0.2) is 8.32 Å². The number of nitrogen functional groups attached to an aromatic ring is 1. The number of carbonyl (C=O) groups excluding carboxylic acids is 1. The zero-order valence-corrected chi connectivity index (χ0v) is 23.3. The average Bonchev–Trinajstić information content (AvgIpc) is 3.17. The Morgan fingerprint density at radius 2 is 1.89 bits per heavy atom. The molecule has 3 aromatic rings. The Morgan fingerprint density at radius 1 is 1.17 bits per heavy atom. The third kappa shape index (κ3) is 5.32. The molecule has 0 aliphatic heterocycles. The monoisotopic (exact) mass is 502 g/mol. The Kier molecular flexibility index (Phi) is 7.25. The molecule has 36 heavy (non-hydrogen) atoms. The second-order valence-corrected chi connectivity index (χ2v) is 15.8. The fraction of sp³-hybridized carbons (Fsp3) is 0.379. The van der Waals surface area contributed by atoms with Gasteiger partial charge in [-0.25, -0.2) is 4.98 Å². The summed E-state index contributed by atoms with van der Waals surface area (Å²) >= 11 is 0. The van der Waals surface area contributed by atoms with Gasteiger partial charge in [0.2, 0.25) is 5.95 Å². The van der Waals surface area contributed by atoms with Crippen molar-refractivity contribution in [2.24, 2.45) is 0 Å². The van der Waals surface area contributed by atoms with Crippen molar-refractivity contribution in [3.05, 3.63) is 77.9 Å². The van der Waals surface area contributed by atoms with Crippen LogP contribution >= 0.6 is 0 Å². The molecule has 7 heteroatoms. The quantitative estimate of drug-likeness (QED) is 0.371. The molecule has 6 nitrogen and oxygen atoms in total. The van der Waals surface area contributed by atoms with E-state index < -0.39 is 8.32 Å². The Hall–Kier alpha value is -3.16. The summed E-state index contributed by atoms with van der Waals surface area (Å²) in [6.07, 6.45) is 8.68. The number of hydrogen-bond acceptors (Lipinski definition) is 4. The van der Waals surface area contributed by atoms with E-state index in [1.165, 1.54) is 5.57 Å². The molecule has 0 fully saturated rings. The van der Waals surface area contributed by atoms with Crippen molar-refractivity contribution in [2.45, 2.75) is 64.4 Å². The van der Waals surface area contributed by atoms with E-state index in [0.29, 0.717) is 18.1 Å². The van der Waals surface area contributed by atoms with E-state index in [0.717, 1.165) is 29.6 Å². The highest BCUT2D eigenvalue weighted by atomic mass is 28.4. The van der Waals surface area contributed by atoms with Gasteiger partial charge < -0.3 is 19.6 Å². The predicted octanol–water partition coefficient (Wildman–Crippen LogP) is 6.56. The summed E-state index contributed by atoms with van der Waals surface area (Å²) in [7, 11) is -0.253. The first-order chi connectivity index (χ1) is 17.0. The minimum absolute atomic E-state index is 0.0683. The topological polar surface area (TPSA) is 73.4 Å². The molecule has 2 N–H and O–H groups in total. The number of fused-ring (bicyclic) bond motifs is 1. The van der Waals surface area contributed by atoms with Crippen molar-refractivity contribution in [3.63, 3.8) is 0 Å². The molecule has 0 spiro atoms. The van der Waals surface area contributed by atoms with Crippen LogP contribution in [-0.4, -0.2) is 36.9 Å². The lowest BCUT2D eigenvalue weighted by Gasteiger charge is -2.40. The van der Waals surface area contributed by atoms with E-state index in [4.69, 9.17) is 10.2 Å². The number of anilines is 2. The SMILES string of the molecule is CN(C(=O)c1ccccc1)c1ccc2c(c1)nc(N)n2C[C@H](O[Si](C)(C)C(C)(C)C)C1=CCCC=C1. The second kappa shape index (κ2) is 10.1. The number of nitrogens with zero attached hydrogens (tertiary/aromatic N) is 3. The molecule has 1 atom stereocenters. The number of imidazole rings is 1. The lowest BCUT2D eigenvalue weighted by atomic mass is 10.0. The molecule has 1 aliphatic carbocycles. The summed E-state index contributed by atoms with van der Waals surface area (Å²) in [6, 6.07) is 15.1. The lowest BCUT2D eigenvalue weighted by Crippen LogP contribution is -2.45. The van der Waals surface area contributed by atoms with Crippen LogP contribution in [0, 0.1) is 0 Å². The molecule has 1 aromatic heterocycles. The summed E-state index contributed by atoms with van der Waals surface area (Å²) in [5.41, 5.74) is 10.8. The minimum Gasteiger partial charge on any atom is -0.408 e. The van der Waals surface area contributed by atoms with Gasteiger partial charge in [0.1, 0.15) is 0 Å². The van der Waals surface area contributed by atoms with Crippen molar-refractivity contribution in [1.29, 1.82) is 0 Å². The van der Waals surface area contributed by atoms with Crippen molar-refractivity contribution < 1.29 is 9.22 Å². The standard InChI is InChI=1S/C29H38N4O2Si/c1-29(2,3)36(5,6)35-26(21-13-9-7-10-14-21)20-33-25-18-17-23(19-24(25)31-28(33)30)32(4)27(34)22-15-11-8-12-16-22/h8-9,11-19,26H,7,10,20H2,1-6H3,(H2,30,31)/t26-/m0/s1. The number of nitrogens with two attached hydrogens (primary N) is 1. The van der Waals surface area contributed by atoms with E-state index >= 15 is 0 Å². The van der Waals surface area contributed by atoms with Gasteiger partial charge in [-0.15, -0.1) is 0 Å². The zero-order valence-electron chi connectivity index (χ0n) is 22.3. The Balaban J connectivity index is 1.65. The van der Waals surface area contributed by atoms with Crippen molar-refractivity contribution in [2.75, 3.05) is 17.7 Å². The van der Waals surface area contributed by atoms with Crippen LogP contribution < -0.4 is 10.6 Å². The number of amides is 1. The summed E-state index contributed by atoms with van der Waals surface area (Å²) in [5, 5.41) is 0.0948. The molecule has 1 heterocycles. The fourth-order valence-electron chi connectivity index (χ4n) is 4.21. The number of aromatic nitrogens is 2. The van der Waals surface area contributed by atoms with E-state index in [9.17, 15) is 4.79 Å². The number of benzene rings is 2. The Morgan fingerprint density at radius 3 is 2.53 bits per heavy atom. The van der Waals surface area contributed by atoms with Crippen LogP contribution in [0.5, 0.6) is 0 Å². The maximum Gasteiger partial charge on any atom is 0.258 e. The van der Waals surface area contributed by atoms with Crippen LogP contribution in [0.25, 0.3) is 11.0 Å². The first-order valence-corrected chi connectivity index (χ1v) is 15.5. The molecule has 0 saturated carbocycles. The molecule has 0 bridgehead atoms. The average molecular weight is 503 g/mol. The zero-order chi connectivity index (χ0) is 26.1. The lowest BCUT2D eigenvalue weighted by molar-refractivity contribution is 0.0993. The summed E-state index contributed by atoms with van der Waals surface area (Å²) < 4.78 is 8.96. The number of hydrogen-bond donors (Lipinski definition) is 1. The molecular weight excluding hydrogens is 464 g/mol. The van der Waals surface area contributed by atoms with Gasteiger partial charge in [-0.2, -0.15) is 0 Å².